The molecule has 2 rings (SSSR count). The van der Waals surface area contributed by atoms with E-state index in [0.29, 0.717) is 5.92 Å². The summed E-state index contributed by atoms with van der Waals surface area (Å²) in [5.41, 5.74) is 1.14. The topological polar surface area (TPSA) is 20.3 Å². The monoisotopic (exact) mass is 271 g/mol. The van der Waals surface area contributed by atoms with Crippen LogP contribution in [0.3, 0.4) is 0 Å². The van der Waals surface area contributed by atoms with E-state index in [9.17, 15) is 4.79 Å². The van der Waals surface area contributed by atoms with E-state index in [-0.39, 0.29) is 17.8 Å². The molecule has 0 N–H and O–H groups in total. The van der Waals surface area contributed by atoms with E-state index in [4.69, 9.17) is 23.2 Å². The summed E-state index contributed by atoms with van der Waals surface area (Å²) in [6, 6.07) is 7.85. The van der Waals surface area contributed by atoms with E-state index < -0.39 is 0 Å². The second kappa shape index (κ2) is 5.28. The first-order chi connectivity index (χ1) is 8.13. The lowest BCUT2D eigenvalue weighted by atomic mass is 10.0. The van der Waals surface area contributed by atoms with Crippen molar-refractivity contribution in [2.24, 2.45) is 5.92 Å². The Labute approximate surface area is 112 Å². The lowest BCUT2D eigenvalue weighted by Crippen LogP contribution is -2.33. The summed E-state index contributed by atoms with van der Waals surface area (Å²) in [5, 5.41) is 0.717. The fourth-order valence-corrected chi connectivity index (χ4v) is 2.45. The molecule has 1 aliphatic carbocycles. The van der Waals surface area contributed by atoms with Gasteiger partial charge in [0.2, 0.25) is 5.91 Å². The molecule has 1 aromatic rings. The molecule has 1 amide bonds. The lowest BCUT2D eigenvalue weighted by Gasteiger charge is -2.28. The highest BCUT2D eigenvalue weighted by Gasteiger charge is 2.36. The molecule has 17 heavy (non-hydrogen) atoms. The van der Waals surface area contributed by atoms with Crippen LogP contribution in [0.5, 0.6) is 0 Å². The first-order valence-corrected chi connectivity index (χ1v) is 6.62. The summed E-state index contributed by atoms with van der Waals surface area (Å²) in [6.07, 6.45) is 2.35. The van der Waals surface area contributed by atoms with Crippen molar-refractivity contribution in [1.82, 2.24) is 4.90 Å². The molecule has 0 aliphatic heterocycles. The number of hydrogen-bond donors (Lipinski definition) is 0. The van der Waals surface area contributed by atoms with Crippen LogP contribution in [0.1, 0.15) is 24.4 Å². The van der Waals surface area contributed by atoms with Crippen LogP contribution < -0.4 is 0 Å². The minimum atomic E-state index is -0.0292. The number of carbonyl (C=O) groups is 1. The first-order valence-electron chi connectivity index (χ1n) is 5.70. The molecule has 1 fully saturated rings. The number of carbonyl (C=O) groups excluding carboxylic acids is 1. The molecule has 1 aromatic carbocycles. The van der Waals surface area contributed by atoms with E-state index in [1.165, 1.54) is 12.8 Å². The molecular formula is C13H15Cl2NO. The molecule has 0 aromatic heterocycles. The van der Waals surface area contributed by atoms with E-state index in [0.717, 1.165) is 10.6 Å². The molecule has 1 unspecified atom stereocenters. The summed E-state index contributed by atoms with van der Waals surface area (Å²) < 4.78 is 0. The van der Waals surface area contributed by atoms with Crippen molar-refractivity contribution in [3.8, 4) is 0 Å². The highest BCUT2D eigenvalue weighted by molar-refractivity contribution is 6.30. The van der Waals surface area contributed by atoms with Crippen LogP contribution in [0.4, 0.5) is 0 Å². The van der Waals surface area contributed by atoms with E-state index in [1.54, 1.807) is 4.90 Å². The molecule has 4 heteroatoms. The van der Waals surface area contributed by atoms with Crippen LogP contribution in [0.2, 0.25) is 5.02 Å². The normalized spacial score (nSPS) is 16.6. The number of benzene rings is 1. The maximum Gasteiger partial charge on any atom is 0.237 e. The van der Waals surface area contributed by atoms with Gasteiger partial charge in [-0.3, -0.25) is 4.79 Å². The summed E-state index contributed by atoms with van der Waals surface area (Å²) >= 11 is 11.5. The van der Waals surface area contributed by atoms with Gasteiger partial charge in [-0.2, -0.15) is 0 Å². The molecule has 1 aliphatic rings. The number of nitrogens with zero attached hydrogens (tertiary/aromatic N) is 1. The fourth-order valence-electron chi connectivity index (χ4n) is 2.13. The Bertz CT molecular complexity index is 400. The molecule has 0 saturated heterocycles. The standard InChI is InChI=1S/C13H15Cl2NO/c1-16(12(17)8-14)13(9-2-3-9)10-4-6-11(15)7-5-10/h4-7,9,13H,2-3,8H2,1H3. The van der Waals surface area contributed by atoms with Crippen LogP contribution in [0, 0.1) is 5.92 Å². The largest absolute Gasteiger partial charge is 0.337 e. The third-order valence-corrected chi connectivity index (χ3v) is 3.69. The number of hydrogen-bond acceptors (Lipinski definition) is 1. The predicted molar refractivity (Wildman–Crippen MR) is 70.4 cm³/mol. The second-order valence-electron chi connectivity index (χ2n) is 4.47. The molecule has 92 valence electrons. The van der Waals surface area contributed by atoms with Gasteiger partial charge in [-0.05, 0) is 36.5 Å². The Balaban J connectivity index is 2.22. The smallest absolute Gasteiger partial charge is 0.237 e. The molecule has 1 atom stereocenters. The van der Waals surface area contributed by atoms with Crippen molar-refractivity contribution < 1.29 is 4.79 Å². The molecule has 0 spiro atoms. The van der Waals surface area contributed by atoms with Crippen molar-refractivity contribution in [3.63, 3.8) is 0 Å². The average Bonchev–Trinajstić information content (AvgIpc) is 3.15. The predicted octanol–water partition coefficient (Wildman–Crippen LogP) is 3.49. The van der Waals surface area contributed by atoms with Crippen LogP contribution in [-0.4, -0.2) is 23.7 Å². The fraction of sp³-hybridized carbons (Fsp3) is 0.462. The first kappa shape index (κ1) is 12.7. The Hall–Kier alpha value is -0.730. The SMILES string of the molecule is CN(C(=O)CCl)C(c1ccc(Cl)cc1)C1CC1. The molecule has 1 saturated carbocycles. The Morgan fingerprint density at radius 3 is 2.47 bits per heavy atom. The van der Waals surface area contributed by atoms with Crippen molar-refractivity contribution in [3.05, 3.63) is 34.9 Å². The zero-order valence-electron chi connectivity index (χ0n) is 9.70. The number of alkyl halides is 1. The van der Waals surface area contributed by atoms with E-state index in [2.05, 4.69) is 0 Å². The molecule has 0 heterocycles. The lowest BCUT2D eigenvalue weighted by molar-refractivity contribution is -0.129. The zero-order chi connectivity index (χ0) is 12.4. The Morgan fingerprint density at radius 1 is 1.41 bits per heavy atom. The molecule has 2 nitrogen and oxygen atoms in total. The van der Waals surface area contributed by atoms with Crippen LogP contribution in [-0.2, 0) is 4.79 Å². The third-order valence-electron chi connectivity index (χ3n) is 3.21. The van der Waals surface area contributed by atoms with Gasteiger partial charge < -0.3 is 4.90 Å². The van der Waals surface area contributed by atoms with Gasteiger partial charge in [-0.15, -0.1) is 11.6 Å². The van der Waals surface area contributed by atoms with Gasteiger partial charge in [0.1, 0.15) is 5.88 Å². The third kappa shape index (κ3) is 2.93. The van der Waals surface area contributed by atoms with Gasteiger partial charge in [0.05, 0.1) is 6.04 Å². The number of amides is 1. The van der Waals surface area contributed by atoms with Crippen molar-refractivity contribution in [2.75, 3.05) is 12.9 Å². The van der Waals surface area contributed by atoms with Gasteiger partial charge in [0.15, 0.2) is 0 Å². The summed E-state index contributed by atoms with van der Waals surface area (Å²) in [5.74, 6) is 0.569. The highest BCUT2D eigenvalue weighted by Crippen LogP contribution is 2.44. The Morgan fingerprint density at radius 2 is 2.00 bits per heavy atom. The van der Waals surface area contributed by atoms with Crippen molar-refractivity contribution in [1.29, 1.82) is 0 Å². The van der Waals surface area contributed by atoms with Crippen LogP contribution >= 0.6 is 23.2 Å². The van der Waals surface area contributed by atoms with Crippen LogP contribution in [0.15, 0.2) is 24.3 Å². The maximum absolute atomic E-state index is 11.7. The maximum atomic E-state index is 11.7. The quantitative estimate of drug-likeness (QED) is 0.768. The Kier molecular flexibility index (Phi) is 3.95. The summed E-state index contributed by atoms with van der Waals surface area (Å²) in [6.45, 7) is 0. The number of rotatable bonds is 4. The summed E-state index contributed by atoms with van der Waals surface area (Å²) in [4.78, 5) is 13.5. The second-order valence-corrected chi connectivity index (χ2v) is 5.18. The minimum absolute atomic E-state index is 0.0292. The van der Waals surface area contributed by atoms with Gasteiger partial charge in [-0.1, -0.05) is 23.7 Å². The average molecular weight is 272 g/mol. The molecule has 0 bridgehead atoms. The van der Waals surface area contributed by atoms with Crippen LogP contribution in [0.25, 0.3) is 0 Å². The molecule has 0 radical (unpaired) electrons. The van der Waals surface area contributed by atoms with E-state index in [1.807, 2.05) is 31.3 Å². The van der Waals surface area contributed by atoms with Gasteiger partial charge in [0, 0.05) is 12.1 Å². The van der Waals surface area contributed by atoms with Crippen molar-refractivity contribution in [2.45, 2.75) is 18.9 Å². The zero-order valence-corrected chi connectivity index (χ0v) is 11.2. The minimum Gasteiger partial charge on any atom is -0.337 e. The van der Waals surface area contributed by atoms with Gasteiger partial charge in [-0.25, -0.2) is 0 Å². The summed E-state index contributed by atoms with van der Waals surface area (Å²) in [7, 11) is 1.82. The molecular weight excluding hydrogens is 257 g/mol. The highest BCUT2D eigenvalue weighted by atomic mass is 35.5. The van der Waals surface area contributed by atoms with E-state index >= 15 is 0 Å². The van der Waals surface area contributed by atoms with Crippen molar-refractivity contribution >= 4 is 29.1 Å². The number of halogens is 2. The van der Waals surface area contributed by atoms with Gasteiger partial charge in [0.25, 0.3) is 0 Å². The van der Waals surface area contributed by atoms with Gasteiger partial charge >= 0.3 is 0 Å².